The van der Waals surface area contributed by atoms with Crippen molar-refractivity contribution in [3.8, 4) is 0 Å². The van der Waals surface area contributed by atoms with Crippen LogP contribution in [0.1, 0.15) is 45.4 Å². The molecule has 0 aromatic rings. The first-order valence-corrected chi connectivity index (χ1v) is 5.46. The summed E-state index contributed by atoms with van der Waals surface area (Å²) in [6.45, 7) is 2.19. The molecule has 0 bridgehead atoms. The van der Waals surface area contributed by atoms with Crippen molar-refractivity contribution in [2.24, 2.45) is 11.8 Å². The fourth-order valence-corrected chi connectivity index (χ4v) is 2.36. The van der Waals surface area contributed by atoms with Crippen molar-refractivity contribution in [3.63, 3.8) is 0 Å². The smallest absolute Gasteiger partial charge is 0.309 e. The number of carbonyl (C=O) groups excluding carboxylic acids is 1. The van der Waals surface area contributed by atoms with Gasteiger partial charge in [-0.05, 0) is 44.4 Å². The molecular weight excluding hydrogens is 164 g/mol. The van der Waals surface area contributed by atoms with E-state index in [1.54, 1.807) is 0 Å². The van der Waals surface area contributed by atoms with Gasteiger partial charge in [-0.1, -0.05) is 6.92 Å². The van der Waals surface area contributed by atoms with Gasteiger partial charge in [0.15, 0.2) is 0 Å². The van der Waals surface area contributed by atoms with E-state index in [1.807, 2.05) is 0 Å². The SMILES string of the molecule is CC1CC(C(=O)OC2CCCC2)C1. The lowest BCUT2D eigenvalue weighted by molar-refractivity contribution is -0.158. The van der Waals surface area contributed by atoms with E-state index in [0.29, 0.717) is 0 Å². The molecule has 0 amide bonds. The lowest BCUT2D eigenvalue weighted by atomic mass is 9.76. The lowest BCUT2D eigenvalue weighted by Gasteiger charge is -2.31. The predicted octanol–water partition coefficient (Wildman–Crippen LogP) is 2.52. The molecule has 2 heteroatoms. The highest BCUT2D eigenvalue weighted by molar-refractivity contribution is 5.73. The van der Waals surface area contributed by atoms with Gasteiger partial charge in [0.2, 0.25) is 0 Å². The first-order valence-electron chi connectivity index (χ1n) is 5.46. The van der Waals surface area contributed by atoms with Gasteiger partial charge in [-0.15, -0.1) is 0 Å². The van der Waals surface area contributed by atoms with Gasteiger partial charge in [-0.3, -0.25) is 4.79 Å². The van der Waals surface area contributed by atoms with Crippen molar-refractivity contribution < 1.29 is 9.53 Å². The lowest BCUT2D eigenvalue weighted by Crippen LogP contribution is -2.32. The van der Waals surface area contributed by atoms with Crippen molar-refractivity contribution in [1.82, 2.24) is 0 Å². The fourth-order valence-electron chi connectivity index (χ4n) is 2.36. The fraction of sp³-hybridized carbons (Fsp3) is 0.909. The van der Waals surface area contributed by atoms with Crippen molar-refractivity contribution in [2.75, 3.05) is 0 Å². The Balaban J connectivity index is 1.72. The van der Waals surface area contributed by atoms with Gasteiger partial charge in [0, 0.05) is 0 Å². The first-order chi connectivity index (χ1) is 6.25. The molecule has 0 aromatic carbocycles. The van der Waals surface area contributed by atoms with E-state index in [1.165, 1.54) is 12.8 Å². The number of hydrogen-bond acceptors (Lipinski definition) is 2. The molecule has 0 radical (unpaired) electrons. The van der Waals surface area contributed by atoms with Crippen molar-refractivity contribution in [3.05, 3.63) is 0 Å². The van der Waals surface area contributed by atoms with Crippen LogP contribution in [0.15, 0.2) is 0 Å². The van der Waals surface area contributed by atoms with Crippen LogP contribution in [0.25, 0.3) is 0 Å². The average Bonchev–Trinajstić information content (AvgIpc) is 2.51. The topological polar surface area (TPSA) is 26.3 Å². The van der Waals surface area contributed by atoms with Crippen LogP contribution in [0, 0.1) is 11.8 Å². The summed E-state index contributed by atoms with van der Waals surface area (Å²) in [7, 11) is 0. The quantitative estimate of drug-likeness (QED) is 0.613. The molecule has 0 atom stereocenters. The Morgan fingerprint density at radius 2 is 1.85 bits per heavy atom. The van der Waals surface area contributed by atoms with E-state index < -0.39 is 0 Å². The Kier molecular flexibility index (Phi) is 2.56. The van der Waals surface area contributed by atoms with Gasteiger partial charge in [0.25, 0.3) is 0 Å². The second kappa shape index (κ2) is 3.69. The summed E-state index contributed by atoms with van der Waals surface area (Å²) in [5.74, 6) is 1.04. The zero-order valence-corrected chi connectivity index (χ0v) is 8.29. The van der Waals surface area contributed by atoms with Gasteiger partial charge >= 0.3 is 5.97 Å². The molecule has 0 N–H and O–H groups in total. The highest BCUT2D eigenvalue weighted by Gasteiger charge is 2.34. The summed E-state index contributed by atoms with van der Waals surface area (Å²) < 4.78 is 5.42. The van der Waals surface area contributed by atoms with E-state index >= 15 is 0 Å². The third kappa shape index (κ3) is 2.04. The van der Waals surface area contributed by atoms with Gasteiger partial charge in [-0.2, -0.15) is 0 Å². The van der Waals surface area contributed by atoms with Crippen LogP contribution in [0.2, 0.25) is 0 Å². The molecule has 0 saturated heterocycles. The van der Waals surface area contributed by atoms with Crippen LogP contribution in [0.4, 0.5) is 0 Å². The normalized spacial score (nSPS) is 34.2. The Morgan fingerprint density at radius 1 is 1.23 bits per heavy atom. The van der Waals surface area contributed by atoms with E-state index in [-0.39, 0.29) is 18.0 Å². The summed E-state index contributed by atoms with van der Waals surface area (Å²) in [4.78, 5) is 11.5. The van der Waals surface area contributed by atoms with Crippen molar-refractivity contribution >= 4 is 5.97 Å². The first kappa shape index (κ1) is 9.04. The number of rotatable bonds is 2. The third-order valence-electron chi connectivity index (χ3n) is 3.29. The molecule has 0 heterocycles. The van der Waals surface area contributed by atoms with E-state index in [9.17, 15) is 4.79 Å². The summed E-state index contributed by atoms with van der Waals surface area (Å²) in [6.07, 6.45) is 7.00. The molecule has 2 saturated carbocycles. The Bertz CT molecular complexity index is 188. The minimum Gasteiger partial charge on any atom is -0.462 e. The average molecular weight is 182 g/mol. The Morgan fingerprint density at radius 3 is 2.38 bits per heavy atom. The van der Waals surface area contributed by atoms with Crippen LogP contribution in [0.5, 0.6) is 0 Å². The van der Waals surface area contributed by atoms with Gasteiger partial charge in [-0.25, -0.2) is 0 Å². The highest BCUT2D eigenvalue weighted by atomic mass is 16.5. The van der Waals surface area contributed by atoms with Gasteiger partial charge < -0.3 is 4.74 Å². The molecule has 13 heavy (non-hydrogen) atoms. The third-order valence-corrected chi connectivity index (χ3v) is 3.29. The molecule has 74 valence electrons. The molecule has 0 aliphatic heterocycles. The zero-order chi connectivity index (χ0) is 9.26. The summed E-state index contributed by atoms with van der Waals surface area (Å²) >= 11 is 0. The molecule has 2 rings (SSSR count). The molecule has 2 fully saturated rings. The zero-order valence-electron chi connectivity index (χ0n) is 8.29. The van der Waals surface area contributed by atoms with Gasteiger partial charge in [0.05, 0.1) is 5.92 Å². The molecule has 0 aromatic heterocycles. The Hall–Kier alpha value is -0.530. The number of hydrogen-bond donors (Lipinski definition) is 0. The van der Waals surface area contributed by atoms with Crippen LogP contribution in [-0.4, -0.2) is 12.1 Å². The maximum Gasteiger partial charge on any atom is 0.309 e. The van der Waals surface area contributed by atoms with E-state index in [4.69, 9.17) is 4.74 Å². The minimum absolute atomic E-state index is 0.0741. The maximum atomic E-state index is 11.5. The molecule has 0 unspecified atom stereocenters. The van der Waals surface area contributed by atoms with Crippen LogP contribution < -0.4 is 0 Å². The van der Waals surface area contributed by atoms with Crippen LogP contribution in [-0.2, 0) is 9.53 Å². The summed E-state index contributed by atoms with van der Waals surface area (Å²) in [5, 5.41) is 0. The number of esters is 1. The van der Waals surface area contributed by atoms with Crippen LogP contribution in [0.3, 0.4) is 0 Å². The number of ether oxygens (including phenoxy) is 1. The van der Waals surface area contributed by atoms with E-state index in [2.05, 4.69) is 6.92 Å². The highest BCUT2D eigenvalue weighted by Crippen LogP contribution is 2.35. The second-order valence-corrected chi connectivity index (χ2v) is 4.62. The standard InChI is InChI=1S/C11H18O2/c1-8-6-9(7-8)11(12)13-10-4-2-3-5-10/h8-10H,2-7H2,1H3. The largest absolute Gasteiger partial charge is 0.462 e. The molecule has 2 aliphatic rings. The Labute approximate surface area is 79.7 Å². The summed E-state index contributed by atoms with van der Waals surface area (Å²) in [6, 6.07) is 0. The number of carbonyl (C=O) groups is 1. The van der Waals surface area contributed by atoms with Crippen LogP contribution >= 0.6 is 0 Å². The molecule has 2 aliphatic carbocycles. The maximum absolute atomic E-state index is 11.5. The van der Waals surface area contributed by atoms with E-state index in [0.717, 1.165) is 31.6 Å². The molecular formula is C11H18O2. The van der Waals surface area contributed by atoms with Crippen molar-refractivity contribution in [2.45, 2.75) is 51.6 Å². The summed E-state index contributed by atoms with van der Waals surface area (Å²) in [5.41, 5.74) is 0. The van der Waals surface area contributed by atoms with Crippen molar-refractivity contribution in [1.29, 1.82) is 0 Å². The minimum atomic E-state index is 0.0741. The second-order valence-electron chi connectivity index (χ2n) is 4.62. The van der Waals surface area contributed by atoms with Gasteiger partial charge in [0.1, 0.15) is 6.10 Å². The molecule has 0 spiro atoms. The monoisotopic (exact) mass is 182 g/mol. The molecule has 2 nitrogen and oxygen atoms in total. The predicted molar refractivity (Wildman–Crippen MR) is 50.2 cm³/mol.